The number of hydrogen-bond acceptors (Lipinski definition) is 2. The molecular formula is C55H48BN3S. The first-order chi connectivity index (χ1) is 28.6. The van der Waals surface area contributed by atoms with Crippen molar-refractivity contribution in [1.29, 1.82) is 0 Å². The van der Waals surface area contributed by atoms with Crippen LogP contribution in [0.5, 0.6) is 0 Å². The van der Waals surface area contributed by atoms with E-state index in [1.807, 2.05) is 11.8 Å². The molecule has 0 bridgehead atoms. The Morgan fingerprint density at radius 1 is 0.500 bits per heavy atom. The number of rotatable bonds is 1. The molecule has 10 aromatic rings. The maximum absolute atomic E-state index is 5.39. The first kappa shape index (κ1) is 36.1. The Kier molecular flexibility index (Phi) is 7.19. The number of pyridine rings is 1. The van der Waals surface area contributed by atoms with Gasteiger partial charge in [-0.2, -0.15) is 0 Å². The van der Waals surface area contributed by atoms with Crippen LogP contribution in [-0.2, 0) is 16.2 Å². The molecule has 0 saturated carbocycles. The van der Waals surface area contributed by atoms with E-state index in [9.17, 15) is 0 Å². The lowest BCUT2D eigenvalue weighted by atomic mass is 9.35. The monoisotopic (exact) mass is 793 g/mol. The van der Waals surface area contributed by atoms with E-state index in [0.717, 1.165) is 16.7 Å². The maximum Gasteiger partial charge on any atom is 0.249 e. The number of fused-ring (bicyclic) bond motifs is 15. The summed E-state index contributed by atoms with van der Waals surface area (Å²) in [4.78, 5) is 8.07. The quantitative estimate of drug-likeness (QED) is 0.122. The summed E-state index contributed by atoms with van der Waals surface area (Å²) in [5, 5.41) is 6.33. The summed E-state index contributed by atoms with van der Waals surface area (Å²) in [6, 6.07) is 48.9. The molecule has 292 valence electrons. The third kappa shape index (κ3) is 4.96. The molecule has 2 aliphatic rings. The van der Waals surface area contributed by atoms with Crippen LogP contribution in [-0.4, -0.2) is 20.7 Å². The van der Waals surface area contributed by atoms with E-state index in [1.54, 1.807) is 0 Å². The van der Waals surface area contributed by atoms with Gasteiger partial charge in [-0.25, -0.2) is 4.98 Å². The summed E-state index contributed by atoms with van der Waals surface area (Å²) >= 11 is 1.95. The smallest absolute Gasteiger partial charge is 0.249 e. The molecule has 7 aromatic carbocycles. The fraction of sp³-hybridized carbons (Fsp3) is 0.218. The fourth-order valence-electron chi connectivity index (χ4n) is 10.4. The molecule has 0 unspecified atom stereocenters. The predicted octanol–water partition coefficient (Wildman–Crippen LogP) is 12.7. The van der Waals surface area contributed by atoms with E-state index in [2.05, 4.69) is 199 Å². The van der Waals surface area contributed by atoms with Crippen molar-refractivity contribution < 1.29 is 0 Å². The van der Waals surface area contributed by atoms with Crippen molar-refractivity contribution in [3.8, 4) is 16.8 Å². The van der Waals surface area contributed by atoms with E-state index >= 15 is 0 Å². The standard InChI is InChI=1S/C55H48BN3S/c1-53(2,3)32-21-23-45-39(27-32)40-28-34(55(7,8)9)30-42-50(40)58(45)46-25-31(26-48-49(46)56(42)41-29-33(54(4,5)6)22-24-47(41)60-48)35-18-14-19-43-51(35)59-44-20-13-12-16-37(44)36-15-10-11-17-38(36)52(59)57-43/h10-30H,1-9H3. The molecule has 0 fully saturated rings. The number of hydrogen-bond donors (Lipinski definition) is 0. The van der Waals surface area contributed by atoms with E-state index in [-0.39, 0.29) is 23.0 Å². The molecule has 12 rings (SSSR count). The van der Waals surface area contributed by atoms with Crippen molar-refractivity contribution >= 4 is 95.0 Å². The van der Waals surface area contributed by atoms with Crippen LogP contribution in [0.1, 0.15) is 79.0 Å². The Bertz CT molecular complexity index is 3530. The molecule has 0 saturated heterocycles. The van der Waals surface area contributed by atoms with Crippen molar-refractivity contribution in [3.05, 3.63) is 144 Å². The molecule has 0 amide bonds. The van der Waals surface area contributed by atoms with Crippen molar-refractivity contribution in [2.75, 3.05) is 0 Å². The third-order valence-corrected chi connectivity index (χ3v) is 14.7. The Balaban J connectivity index is 1.23. The minimum atomic E-state index is -0.0184. The van der Waals surface area contributed by atoms with Gasteiger partial charge < -0.3 is 4.57 Å². The highest BCUT2D eigenvalue weighted by molar-refractivity contribution is 8.00. The van der Waals surface area contributed by atoms with E-state index in [4.69, 9.17) is 4.98 Å². The lowest BCUT2D eigenvalue weighted by Crippen LogP contribution is -2.59. The molecule has 0 radical (unpaired) electrons. The van der Waals surface area contributed by atoms with Gasteiger partial charge in [0.15, 0.2) is 0 Å². The van der Waals surface area contributed by atoms with Gasteiger partial charge in [0.05, 0.1) is 22.1 Å². The van der Waals surface area contributed by atoms with Gasteiger partial charge in [-0.3, -0.25) is 4.40 Å². The molecule has 2 aliphatic heterocycles. The van der Waals surface area contributed by atoms with E-state index in [0.29, 0.717) is 0 Å². The zero-order chi connectivity index (χ0) is 41.2. The van der Waals surface area contributed by atoms with Crippen molar-refractivity contribution in [3.63, 3.8) is 0 Å². The number of benzene rings is 7. The van der Waals surface area contributed by atoms with E-state index in [1.165, 1.54) is 103 Å². The summed E-state index contributed by atoms with van der Waals surface area (Å²) in [6.07, 6.45) is 0. The first-order valence-corrected chi connectivity index (χ1v) is 22.3. The average Bonchev–Trinajstić information content (AvgIpc) is 3.78. The van der Waals surface area contributed by atoms with Crippen LogP contribution < -0.4 is 16.4 Å². The molecule has 60 heavy (non-hydrogen) atoms. The second kappa shape index (κ2) is 11.9. The van der Waals surface area contributed by atoms with Crippen molar-refractivity contribution in [2.24, 2.45) is 0 Å². The number of aromatic nitrogens is 3. The Hall–Kier alpha value is -5.78. The molecule has 3 nitrogen and oxygen atoms in total. The normalized spacial score (nSPS) is 14.0. The molecule has 5 heteroatoms. The van der Waals surface area contributed by atoms with Gasteiger partial charge in [0.1, 0.15) is 5.65 Å². The minimum absolute atomic E-state index is 0.0184. The number of imidazole rings is 1. The van der Waals surface area contributed by atoms with Crippen molar-refractivity contribution in [1.82, 2.24) is 14.0 Å². The predicted molar refractivity (Wildman–Crippen MR) is 259 cm³/mol. The molecule has 5 heterocycles. The van der Waals surface area contributed by atoms with Crippen LogP contribution in [0, 0.1) is 0 Å². The summed E-state index contributed by atoms with van der Waals surface area (Å²) < 4.78 is 5.06. The van der Waals surface area contributed by atoms with Crippen LogP contribution >= 0.6 is 11.8 Å². The molecule has 0 aliphatic carbocycles. The Morgan fingerprint density at radius 3 is 1.93 bits per heavy atom. The van der Waals surface area contributed by atoms with Crippen LogP contribution in [0.25, 0.3) is 77.0 Å². The second-order valence-corrected chi connectivity index (χ2v) is 21.6. The van der Waals surface area contributed by atoms with Crippen LogP contribution in [0.2, 0.25) is 0 Å². The minimum Gasteiger partial charge on any atom is -0.310 e. The molecular weight excluding hydrogens is 746 g/mol. The highest BCUT2D eigenvalue weighted by atomic mass is 32.2. The van der Waals surface area contributed by atoms with Crippen LogP contribution in [0.3, 0.4) is 0 Å². The number of nitrogens with zero attached hydrogens (tertiary/aromatic N) is 3. The van der Waals surface area contributed by atoms with Gasteiger partial charge >= 0.3 is 0 Å². The van der Waals surface area contributed by atoms with Gasteiger partial charge in [0, 0.05) is 48.1 Å². The molecule has 3 aromatic heterocycles. The average molecular weight is 794 g/mol. The summed E-state index contributed by atoms with van der Waals surface area (Å²) in [5.41, 5.74) is 19.1. The highest BCUT2D eigenvalue weighted by Crippen LogP contribution is 2.45. The van der Waals surface area contributed by atoms with Crippen molar-refractivity contribution in [2.45, 2.75) is 88.3 Å². The second-order valence-electron chi connectivity index (χ2n) is 20.5. The number of para-hydroxylation sites is 2. The zero-order valence-corrected chi connectivity index (χ0v) is 36.8. The van der Waals surface area contributed by atoms with Crippen LogP contribution in [0.15, 0.2) is 137 Å². The third-order valence-electron chi connectivity index (χ3n) is 13.6. The summed E-state index contributed by atoms with van der Waals surface area (Å²) in [7, 11) is 0. The lowest BCUT2D eigenvalue weighted by molar-refractivity contribution is 0.590. The molecule has 0 spiro atoms. The Labute approximate surface area is 356 Å². The summed E-state index contributed by atoms with van der Waals surface area (Å²) in [5.74, 6) is 0. The van der Waals surface area contributed by atoms with Gasteiger partial charge in [-0.15, -0.1) is 0 Å². The first-order valence-electron chi connectivity index (χ1n) is 21.5. The van der Waals surface area contributed by atoms with Gasteiger partial charge in [-0.1, -0.05) is 158 Å². The zero-order valence-electron chi connectivity index (χ0n) is 36.0. The summed E-state index contributed by atoms with van der Waals surface area (Å²) in [6.45, 7) is 21.2. The largest absolute Gasteiger partial charge is 0.310 e. The highest BCUT2D eigenvalue weighted by Gasteiger charge is 2.41. The molecule has 0 atom stereocenters. The maximum atomic E-state index is 5.39. The topological polar surface area (TPSA) is 22.2 Å². The van der Waals surface area contributed by atoms with E-state index < -0.39 is 0 Å². The van der Waals surface area contributed by atoms with Crippen LogP contribution in [0.4, 0.5) is 0 Å². The van der Waals surface area contributed by atoms with Gasteiger partial charge in [0.25, 0.3) is 0 Å². The van der Waals surface area contributed by atoms with Gasteiger partial charge in [0.2, 0.25) is 6.71 Å². The Morgan fingerprint density at radius 2 is 1.17 bits per heavy atom. The fourth-order valence-corrected chi connectivity index (χ4v) is 11.6. The van der Waals surface area contributed by atoms with Gasteiger partial charge in [-0.05, 0) is 103 Å². The SMILES string of the molecule is CC(C)(C)c1ccc2c(c1)B1c3c(cc(-c4cccc5nc6c7ccccc7c7ccccc7n6c45)cc3-n3c4ccc(C(C)(C)C)cc4c4cc(C(C)(C)C)cc1c43)S2. The molecule has 0 N–H and O–H groups in total. The lowest BCUT2D eigenvalue weighted by Gasteiger charge is -2.35.